The number of imidazole rings is 1. The molecule has 1 amide bonds. The summed E-state index contributed by atoms with van der Waals surface area (Å²) in [6, 6.07) is 12.4. The maximum atomic E-state index is 13.5. The first kappa shape index (κ1) is 19.2. The van der Waals surface area contributed by atoms with Crippen molar-refractivity contribution in [3.8, 4) is 11.4 Å². The molecule has 1 saturated heterocycles. The minimum atomic E-state index is -0.00283. The van der Waals surface area contributed by atoms with Gasteiger partial charge >= 0.3 is 0 Å². The van der Waals surface area contributed by atoms with Gasteiger partial charge in [-0.2, -0.15) is 4.98 Å². The molecule has 0 spiro atoms. The first-order chi connectivity index (χ1) is 15.4. The van der Waals surface area contributed by atoms with Crippen LogP contribution in [0.5, 0.6) is 0 Å². The van der Waals surface area contributed by atoms with Gasteiger partial charge in [0, 0.05) is 30.6 Å². The summed E-state index contributed by atoms with van der Waals surface area (Å²) in [5.41, 5.74) is 6.12. The molecule has 2 aliphatic rings. The maximum Gasteiger partial charge on any atom is 0.254 e. The molecule has 1 fully saturated rings. The Hall–Kier alpha value is -3.48. The van der Waals surface area contributed by atoms with Crippen LogP contribution in [0.1, 0.15) is 47.6 Å². The zero-order valence-corrected chi connectivity index (χ0v) is 18.4. The molecule has 3 atom stereocenters. The van der Waals surface area contributed by atoms with Crippen molar-refractivity contribution in [1.29, 1.82) is 0 Å². The van der Waals surface area contributed by atoms with Gasteiger partial charge in [0.15, 0.2) is 0 Å². The molecule has 4 aromatic rings. The van der Waals surface area contributed by atoms with Crippen molar-refractivity contribution in [2.45, 2.75) is 45.1 Å². The first-order valence-corrected chi connectivity index (χ1v) is 11.1. The number of carbonyl (C=O) groups is 1. The van der Waals surface area contributed by atoms with Crippen molar-refractivity contribution in [3.63, 3.8) is 0 Å². The lowest BCUT2D eigenvalue weighted by Gasteiger charge is -2.54. The monoisotopic (exact) mass is 427 g/mol. The van der Waals surface area contributed by atoms with E-state index in [4.69, 9.17) is 4.52 Å². The van der Waals surface area contributed by atoms with Crippen LogP contribution in [0.2, 0.25) is 0 Å². The largest absolute Gasteiger partial charge is 0.345 e. The van der Waals surface area contributed by atoms with E-state index in [1.54, 1.807) is 13.3 Å². The van der Waals surface area contributed by atoms with E-state index in [9.17, 15) is 4.79 Å². The molecule has 2 bridgehead atoms. The molecule has 1 aliphatic carbocycles. The van der Waals surface area contributed by atoms with E-state index in [0.717, 1.165) is 36.0 Å². The number of hydrogen-bond acceptors (Lipinski definition) is 5. The number of H-pyrrole nitrogens is 1. The number of nitrogens with zero attached hydrogens (tertiary/aromatic N) is 4. The topological polar surface area (TPSA) is 87.9 Å². The van der Waals surface area contributed by atoms with Crippen LogP contribution < -0.4 is 0 Å². The summed E-state index contributed by atoms with van der Waals surface area (Å²) in [6.45, 7) is 7.18. The summed E-state index contributed by atoms with van der Waals surface area (Å²) in [5.74, 6) is 1.64. The molecule has 2 aromatic carbocycles. The summed E-state index contributed by atoms with van der Waals surface area (Å²) < 4.78 is 5.18. The Morgan fingerprint density at radius 3 is 2.94 bits per heavy atom. The third-order valence-corrected chi connectivity index (χ3v) is 7.72. The number of carbonyl (C=O) groups excluding carboxylic acids is 1. The molecule has 7 heteroatoms. The lowest BCUT2D eigenvalue weighted by molar-refractivity contribution is 0.0251. The second-order valence-corrected chi connectivity index (χ2v) is 9.37. The van der Waals surface area contributed by atoms with Gasteiger partial charge in [0.25, 0.3) is 5.91 Å². The van der Waals surface area contributed by atoms with Crippen molar-refractivity contribution in [3.05, 3.63) is 65.3 Å². The number of aromatic nitrogens is 4. The maximum absolute atomic E-state index is 13.5. The van der Waals surface area contributed by atoms with Gasteiger partial charge in [-0.05, 0) is 59.6 Å². The fourth-order valence-electron chi connectivity index (χ4n) is 5.66. The average molecular weight is 428 g/mol. The molecule has 1 aliphatic heterocycles. The van der Waals surface area contributed by atoms with Crippen molar-refractivity contribution >= 4 is 16.9 Å². The summed E-state index contributed by atoms with van der Waals surface area (Å²) in [7, 11) is 0. The summed E-state index contributed by atoms with van der Waals surface area (Å²) >= 11 is 0. The van der Waals surface area contributed by atoms with E-state index in [-0.39, 0.29) is 17.4 Å². The van der Waals surface area contributed by atoms with Crippen LogP contribution >= 0.6 is 0 Å². The summed E-state index contributed by atoms with van der Waals surface area (Å²) in [6.07, 6.45) is 3.44. The van der Waals surface area contributed by atoms with Gasteiger partial charge in [0.05, 0.1) is 17.4 Å². The van der Waals surface area contributed by atoms with Gasteiger partial charge < -0.3 is 14.4 Å². The SMILES string of the molecule is Cc1nc(-c2ccc3c(c2)[C@]2(C)CCN(C(=O)c4ccc5nc[nH]c5c4)C(C3)[C@H]2C)no1. The molecule has 0 saturated carbocycles. The second-order valence-electron chi connectivity index (χ2n) is 9.37. The number of nitrogens with one attached hydrogen (secondary N) is 1. The van der Waals surface area contributed by atoms with E-state index in [2.05, 4.69) is 57.1 Å². The Balaban J connectivity index is 1.35. The number of amides is 1. The number of fused-ring (bicyclic) bond motifs is 5. The number of aryl methyl sites for hydroxylation is 1. The van der Waals surface area contributed by atoms with Gasteiger partial charge in [-0.3, -0.25) is 4.79 Å². The highest BCUT2D eigenvalue weighted by atomic mass is 16.5. The van der Waals surface area contributed by atoms with Crippen molar-refractivity contribution in [2.24, 2.45) is 5.92 Å². The van der Waals surface area contributed by atoms with E-state index in [0.29, 0.717) is 23.2 Å². The molecule has 2 aromatic heterocycles. The van der Waals surface area contributed by atoms with E-state index in [1.807, 2.05) is 18.2 Å². The number of rotatable bonds is 2. The highest BCUT2D eigenvalue weighted by molar-refractivity contribution is 5.97. The molecule has 0 radical (unpaired) electrons. The molecule has 1 N–H and O–H groups in total. The van der Waals surface area contributed by atoms with Gasteiger partial charge in [-0.25, -0.2) is 4.98 Å². The fourth-order valence-corrected chi connectivity index (χ4v) is 5.66. The van der Waals surface area contributed by atoms with Crippen LogP contribution in [-0.2, 0) is 11.8 Å². The predicted octanol–water partition coefficient (Wildman–Crippen LogP) is 4.29. The number of aromatic amines is 1. The average Bonchev–Trinajstić information content (AvgIpc) is 3.44. The summed E-state index contributed by atoms with van der Waals surface area (Å²) in [5, 5.41) is 4.10. The van der Waals surface area contributed by atoms with Gasteiger partial charge in [-0.1, -0.05) is 31.1 Å². The highest BCUT2D eigenvalue weighted by Crippen LogP contribution is 2.49. The summed E-state index contributed by atoms with van der Waals surface area (Å²) in [4.78, 5) is 27.4. The molecule has 7 nitrogen and oxygen atoms in total. The van der Waals surface area contributed by atoms with E-state index in [1.165, 1.54) is 11.1 Å². The first-order valence-electron chi connectivity index (χ1n) is 11.1. The van der Waals surface area contributed by atoms with Crippen molar-refractivity contribution in [2.75, 3.05) is 6.54 Å². The number of benzene rings is 2. The third kappa shape index (κ3) is 2.73. The number of piperidine rings is 1. The standard InChI is InChI=1S/C25H25N5O2/c1-14-22-12-16-4-5-17(23-28-15(2)32-29-23)10-19(16)25(14,3)8-9-30(22)24(31)18-6-7-20-21(11-18)27-13-26-20/h4-7,10-11,13-14,22H,8-9,12H2,1-3H3,(H,26,27)/t14-,22?,25-/m1/s1. The van der Waals surface area contributed by atoms with Crippen molar-refractivity contribution < 1.29 is 9.32 Å². The predicted molar refractivity (Wildman–Crippen MR) is 120 cm³/mol. The Morgan fingerprint density at radius 2 is 2.12 bits per heavy atom. The van der Waals surface area contributed by atoms with Crippen molar-refractivity contribution in [1.82, 2.24) is 25.0 Å². The lowest BCUT2D eigenvalue weighted by atomic mass is 9.58. The normalized spacial score (nSPS) is 24.5. The minimum absolute atomic E-state index is 0.00283. The molecular formula is C25H25N5O2. The van der Waals surface area contributed by atoms with Crippen LogP contribution in [-0.4, -0.2) is 43.5 Å². The van der Waals surface area contributed by atoms with Gasteiger partial charge in [0.2, 0.25) is 11.7 Å². The van der Waals surface area contributed by atoms with E-state index < -0.39 is 0 Å². The molecule has 32 heavy (non-hydrogen) atoms. The van der Waals surface area contributed by atoms with Gasteiger partial charge in [0.1, 0.15) is 0 Å². The zero-order chi connectivity index (χ0) is 22.0. The fraction of sp³-hybridized carbons (Fsp3) is 0.360. The highest BCUT2D eigenvalue weighted by Gasteiger charge is 2.49. The molecule has 162 valence electrons. The lowest BCUT2D eigenvalue weighted by Crippen LogP contribution is -2.59. The molecule has 1 unspecified atom stereocenters. The second kappa shape index (κ2) is 6.76. The molecule has 6 rings (SSSR count). The van der Waals surface area contributed by atoms with Crippen LogP contribution in [0, 0.1) is 12.8 Å². The van der Waals surface area contributed by atoms with Crippen LogP contribution in [0.3, 0.4) is 0 Å². The zero-order valence-electron chi connectivity index (χ0n) is 18.4. The smallest absolute Gasteiger partial charge is 0.254 e. The third-order valence-electron chi connectivity index (χ3n) is 7.72. The van der Waals surface area contributed by atoms with Gasteiger partial charge in [-0.15, -0.1) is 0 Å². The van der Waals surface area contributed by atoms with Crippen LogP contribution in [0.4, 0.5) is 0 Å². The molecule has 3 heterocycles. The van der Waals surface area contributed by atoms with Crippen LogP contribution in [0.15, 0.2) is 47.2 Å². The Kier molecular flexibility index (Phi) is 4.06. The quantitative estimate of drug-likeness (QED) is 0.516. The number of hydrogen-bond donors (Lipinski definition) is 1. The van der Waals surface area contributed by atoms with E-state index >= 15 is 0 Å². The molecular weight excluding hydrogens is 402 g/mol. The van der Waals surface area contributed by atoms with Crippen LogP contribution in [0.25, 0.3) is 22.4 Å². The Labute approximate surface area is 185 Å². The minimum Gasteiger partial charge on any atom is -0.345 e. The number of likely N-dealkylation sites (tertiary alicyclic amines) is 1. The Morgan fingerprint density at radius 1 is 1.25 bits per heavy atom. The Bertz CT molecular complexity index is 1360.